The molecule has 3 atom stereocenters. The zero-order valence-corrected chi connectivity index (χ0v) is 32.6. The summed E-state index contributed by atoms with van der Waals surface area (Å²) in [5, 5.41) is 11.9. The molecular weight excluding hydrogens is 687 g/mol. The van der Waals surface area contributed by atoms with E-state index in [2.05, 4.69) is 28.8 Å². The van der Waals surface area contributed by atoms with Crippen LogP contribution in [0, 0.1) is 11.3 Å². The van der Waals surface area contributed by atoms with Gasteiger partial charge in [-0.1, -0.05) is 128 Å². The first-order chi connectivity index (χ1) is 25.8. The molecule has 11 heteroatoms. The lowest BCUT2D eigenvalue weighted by Gasteiger charge is -2.18. The Morgan fingerprint density at radius 2 is 1.26 bits per heavy atom. The lowest BCUT2D eigenvalue weighted by atomic mass is 9.88. The number of hydrazone groups is 2. The molecule has 0 bridgehead atoms. The minimum Gasteiger partial charge on any atom is -0.385 e. The summed E-state index contributed by atoms with van der Waals surface area (Å²) in [6.07, 6.45) is 18.2. The van der Waals surface area contributed by atoms with E-state index in [-0.39, 0.29) is 11.6 Å². The van der Waals surface area contributed by atoms with Crippen molar-refractivity contribution in [2.24, 2.45) is 21.5 Å². The average Bonchev–Trinajstić information content (AvgIpc) is 3.74. The van der Waals surface area contributed by atoms with Crippen LogP contribution in [0.5, 0.6) is 5.75 Å². The average molecular weight is 744 g/mol. The molecule has 0 spiro atoms. The van der Waals surface area contributed by atoms with Gasteiger partial charge in [-0.05, 0) is 55.5 Å². The van der Waals surface area contributed by atoms with E-state index < -0.39 is 16.7 Å². The van der Waals surface area contributed by atoms with E-state index >= 15 is 0 Å². The molecule has 0 radical (unpaired) electrons. The van der Waals surface area contributed by atoms with Crippen molar-refractivity contribution in [3.8, 4) is 5.75 Å². The number of hydrogen-bond donors (Lipinski definition) is 1. The second-order valence-electron chi connectivity index (χ2n) is 13.6. The SMILES string of the molecule is CC1(C=O)CN(c2ccccc2)N=C1C=O.CC1CN(c2ccc(NS(=O)Oc3ccccc3)cc2)N=C1C=O.CCCCCCCCCCCCC. The monoisotopic (exact) mass is 743 g/mol. The summed E-state index contributed by atoms with van der Waals surface area (Å²) in [6.45, 7) is 9.33. The third-order valence-electron chi connectivity index (χ3n) is 9.02. The first-order valence-electron chi connectivity index (χ1n) is 18.9. The summed E-state index contributed by atoms with van der Waals surface area (Å²) in [6, 6.07) is 25.7. The fourth-order valence-electron chi connectivity index (χ4n) is 5.73. The van der Waals surface area contributed by atoms with Crippen LogP contribution in [0.3, 0.4) is 0 Å². The molecule has 1 N–H and O–H groups in total. The Balaban J connectivity index is 0.000000228. The van der Waals surface area contributed by atoms with E-state index in [1.807, 2.05) is 67.6 Å². The highest BCUT2D eigenvalue weighted by molar-refractivity contribution is 7.81. The number of hydrogen-bond acceptors (Lipinski definition) is 9. The standard InChI is InChI=1S/C17H17N3O3S.C13H28.C12H12N2O2/c1-13-11-20(18-17(13)12-21)15-9-7-14(8-10-15)19-24(22)23-16-5-3-2-4-6-16;1-3-5-7-9-11-13-12-10-8-6-4-2;1-12(9-16)8-14(13-11(12)7-15)10-5-3-2-4-6-10/h2-10,12-13,19H,11H2,1H3;3-13H2,1-2H3;2-7,9H,8H2,1H3. The van der Waals surface area contributed by atoms with Crippen molar-refractivity contribution >= 4 is 58.6 Å². The smallest absolute Gasteiger partial charge is 0.316 e. The van der Waals surface area contributed by atoms with Gasteiger partial charge in [0.25, 0.3) is 0 Å². The number of aldehydes is 3. The van der Waals surface area contributed by atoms with E-state index in [0.29, 0.717) is 36.5 Å². The summed E-state index contributed by atoms with van der Waals surface area (Å²) in [5.74, 6) is 0.647. The number of benzene rings is 3. The van der Waals surface area contributed by atoms with E-state index in [1.54, 1.807) is 41.2 Å². The Morgan fingerprint density at radius 1 is 0.736 bits per heavy atom. The van der Waals surface area contributed by atoms with E-state index in [0.717, 1.165) is 23.9 Å². The van der Waals surface area contributed by atoms with Gasteiger partial charge in [0.15, 0.2) is 12.6 Å². The van der Waals surface area contributed by atoms with Crippen molar-refractivity contribution < 1.29 is 22.8 Å². The fourth-order valence-corrected chi connectivity index (χ4v) is 6.39. The van der Waals surface area contributed by atoms with Crippen LogP contribution in [0.2, 0.25) is 0 Å². The molecule has 5 rings (SSSR count). The lowest BCUT2D eigenvalue weighted by Crippen LogP contribution is -2.33. The third-order valence-corrected chi connectivity index (χ3v) is 9.76. The van der Waals surface area contributed by atoms with Crippen LogP contribution in [0.4, 0.5) is 17.1 Å². The first-order valence-corrected chi connectivity index (χ1v) is 20.0. The highest BCUT2D eigenvalue weighted by Gasteiger charge is 2.38. The van der Waals surface area contributed by atoms with Crippen molar-refractivity contribution in [3.63, 3.8) is 0 Å². The van der Waals surface area contributed by atoms with Crippen molar-refractivity contribution in [1.82, 2.24) is 0 Å². The Morgan fingerprint density at radius 3 is 1.74 bits per heavy atom. The number of anilines is 3. The second kappa shape index (κ2) is 23.8. The highest BCUT2D eigenvalue weighted by atomic mass is 32.2. The lowest BCUT2D eigenvalue weighted by molar-refractivity contribution is -0.113. The molecule has 0 aliphatic carbocycles. The van der Waals surface area contributed by atoms with Crippen LogP contribution in [0.25, 0.3) is 0 Å². The summed E-state index contributed by atoms with van der Waals surface area (Å²) in [5.41, 5.74) is 2.46. The molecule has 53 heavy (non-hydrogen) atoms. The minimum absolute atomic E-state index is 0.118. The number of rotatable bonds is 19. The molecule has 10 nitrogen and oxygen atoms in total. The molecule has 2 aliphatic rings. The number of carbonyl (C=O) groups excluding carboxylic acids is 3. The molecule has 0 amide bonds. The maximum atomic E-state index is 12.0. The van der Waals surface area contributed by atoms with Gasteiger partial charge in [0.1, 0.15) is 23.5 Å². The van der Waals surface area contributed by atoms with Gasteiger partial charge < -0.3 is 8.98 Å². The fraction of sp³-hybridized carbons (Fsp3) is 0.452. The van der Waals surface area contributed by atoms with Crippen molar-refractivity contribution in [1.29, 1.82) is 0 Å². The number of nitrogens with one attached hydrogen (secondary N) is 1. The largest absolute Gasteiger partial charge is 0.385 e. The van der Waals surface area contributed by atoms with Crippen LogP contribution in [-0.2, 0) is 25.7 Å². The second-order valence-corrected chi connectivity index (χ2v) is 14.5. The molecule has 0 saturated carbocycles. The predicted octanol–water partition coefficient (Wildman–Crippen LogP) is 9.35. The molecule has 2 heterocycles. The third kappa shape index (κ3) is 14.7. The van der Waals surface area contributed by atoms with E-state index in [4.69, 9.17) is 4.18 Å². The molecule has 0 saturated heterocycles. The van der Waals surface area contributed by atoms with Gasteiger partial charge in [-0.2, -0.15) is 14.4 Å². The Bertz CT molecular complexity index is 1590. The number of unbranched alkanes of at least 4 members (excludes halogenated alkanes) is 10. The van der Waals surface area contributed by atoms with Gasteiger partial charge >= 0.3 is 11.3 Å². The predicted molar refractivity (Wildman–Crippen MR) is 219 cm³/mol. The quantitative estimate of drug-likeness (QED) is 0.0960. The zero-order valence-electron chi connectivity index (χ0n) is 31.8. The molecular formula is C42H57N5O5S. The van der Waals surface area contributed by atoms with Gasteiger partial charge in [0.2, 0.25) is 0 Å². The molecule has 286 valence electrons. The Labute approximate surface area is 318 Å². The van der Waals surface area contributed by atoms with Gasteiger partial charge in [0.05, 0.1) is 23.3 Å². The molecule has 2 aliphatic heterocycles. The van der Waals surface area contributed by atoms with Crippen LogP contribution in [-0.4, -0.2) is 47.6 Å². The Hall–Kier alpha value is -4.64. The molecule has 3 aromatic rings. The van der Waals surface area contributed by atoms with E-state index in [1.165, 1.54) is 70.6 Å². The molecule has 0 aromatic heterocycles. The van der Waals surface area contributed by atoms with Crippen molar-refractivity contribution in [2.75, 3.05) is 27.8 Å². The minimum atomic E-state index is -1.68. The van der Waals surface area contributed by atoms with Crippen LogP contribution < -0.4 is 18.9 Å². The van der Waals surface area contributed by atoms with Gasteiger partial charge in [0, 0.05) is 18.2 Å². The van der Waals surface area contributed by atoms with Crippen LogP contribution in [0.15, 0.2) is 95.1 Å². The topological polar surface area (TPSA) is 121 Å². The summed E-state index contributed by atoms with van der Waals surface area (Å²) < 4.78 is 20.0. The van der Waals surface area contributed by atoms with Gasteiger partial charge in [-0.3, -0.25) is 24.3 Å². The van der Waals surface area contributed by atoms with Crippen LogP contribution in [0.1, 0.15) is 98.3 Å². The van der Waals surface area contributed by atoms with Crippen molar-refractivity contribution in [3.05, 3.63) is 84.9 Å². The van der Waals surface area contributed by atoms with E-state index in [9.17, 15) is 18.6 Å². The summed E-state index contributed by atoms with van der Waals surface area (Å²) >= 11 is -1.68. The van der Waals surface area contributed by atoms with Gasteiger partial charge in [-0.25, -0.2) is 0 Å². The van der Waals surface area contributed by atoms with Crippen LogP contribution >= 0.6 is 0 Å². The molecule has 3 unspecified atom stereocenters. The highest BCUT2D eigenvalue weighted by Crippen LogP contribution is 2.28. The van der Waals surface area contributed by atoms with Gasteiger partial charge in [-0.15, -0.1) is 0 Å². The number of nitrogens with zero attached hydrogens (tertiary/aromatic N) is 4. The summed E-state index contributed by atoms with van der Waals surface area (Å²) in [4.78, 5) is 32.8. The maximum absolute atomic E-state index is 12.0. The number of para-hydroxylation sites is 2. The summed E-state index contributed by atoms with van der Waals surface area (Å²) in [7, 11) is 0. The normalized spacial score (nSPS) is 18.0. The maximum Gasteiger partial charge on any atom is 0.316 e. The molecule has 3 aromatic carbocycles. The molecule has 0 fully saturated rings. The van der Waals surface area contributed by atoms with Crippen molar-refractivity contribution in [2.45, 2.75) is 98.3 Å². The zero-order chi connectivity index (χ0) is 38.3. The number of carbonyl (C=O) groups is 3. The first kappa shape index (κ1) is 42.8. The Kier molecular flexibility index (Phi) is 19.2.